The molecule has 22 heavy (non-hydrogen) atoms. The summed E-state index contributed by atoms with van der Waals surface area (Å²) in [4.78, 5) is 0. The Morgan fingerprint density at radius 2 is 1.59 bits per heavy atom. The van der Waals surface area contributed by atoms with Crippen molar-refractivity contribution in [2.45, 2.75) is 90.1 Å². The van der Waals surface area contributed by atoms with Crippen molar-refractivity contribution >= 4 is 0 Å². The van der Waals surface area contributed by atoms with Gasteiger partial charge in [-0.25, -0.2) is 0 Å². The fraction of sp³-hybridized carbons (Fsp3) is 0.714. The zero-order valence-corrected chi connectivity index (χ0v) is 14.7. The number of benzene rings is 1. The van der Waals surface area contributed by atoms with Gasteiger partial charge in [0.2, 0.25) is 0 Å². The lowest BCUT2D eigenvalue weighted by Gasteiger charge is -2.29. The molecule has 0 aliphatic heterocycles. The Labute approximate surface area is 137 Å². The first kappa shape index (κ1) is 17.5. The van der Waals surface area contributed by atoms with Crippen molar-refractivity contribution in [1.29, 1.82) is 0 Å². The van der Waals surface area contributed by atoms with Crippen molar-refractivity contribution in [2.24, 2.45) is 0 Å². The van der Waals surface area contributed by atoms with Gasteiger partial charge < -0.3 is 4.74 Å². The van der Waals surface area contributed by atoms with E-state index in [1.165, 1.54) is 63.4 Å². The van der Waals surface area contributed by atoms with E-state index in [-0.39, 0.29) is 0 Å². The third kappa shape index (κ3) is 5.76. The van der Waals surface area contributed by atoms with Gasteiger partial charge in [-0.2, -0.15) is 0 Å². The first-order chi connectivity index (χ1) is 10.8. The largest absolute Gasteiger partial charge is 0.378 e. The number of ether oxygens (including phenoxy) is 1. The van der Waals surface area contributed by atoms with E-state index in [0.29, 0.717) is 6.10 Å². The summed E-state index contributed by atoms with van der Waals surface area (Å²) in [5.74, 6) is 0.760. The van der Waals surface area contributed by atoms with E-state index in [2.05, 4.69) is 38.1 Å². The van der Waals surface area contributed by atoms with E-state index < -0.39 is 0 Å². The first-order valence-corrected chi connectivity index (χ1v) is 9.54. The molecule has 0 aromatic heterocycles. The summed E-state index contributed by atoms with van der Waals surface area (Å²) in [6.45, 7) is 5.40. The molecule has 0 bridgehead atoms. The summed E-state index contributed by atoms with van der Waals surface area (Å²) in [6, 6.07) is 9.49. The molecule has 1 aromatic rings. The smallest absolute Gasteiger partial charge is 0.0575 e. The van der Waals surface area contributed by atoms with Crippen molar-refractivity contribution in [3.8, 4) is 0 Å². The Morgan fingerprint density at radius 3 is 2.23 bits per heavy atom. The van der Waals surface area contributed by atoms with Crippen LogP contribution < -0.4 is 0 Å². The fourth-order valence-electron chi connectivity index (χ4n) is 3.56. The average molecular weight is 303 g/mol. The zero-order valence-electron chi connectivity index (χ0n) is 14.7. The predicted octanol–water partition coefficient (Wildman–Crippen LogP) is 6.26. The van der Waals surface area contributed by atoms with E-state index in [0.717, 1.165) is 18.9 Å². The monoisotopic (exact) mass is 302 g/mol. The Bertz CT molecular complexity index is 387. The molecule has 0 spiro atoms. The third-order valence-corrected chi connectivity index (χ3v) is 5.00. The van der Waals surface area contributed by atoms with E-state index in [9.17, 15) is 0 Å². The van der Waals surface area contributed by atoms with Gasteiger partial charge in [-0.1, -0.05) is 57.4 Å². The fourth-order valence-corrected chi connectivity index (χ4v) is 3.56. The van der Waals surface area contributed by atoms with E-state index in [1.807, 2.05) is 0 Å². The molecule has 0 radical (unpaired) electrons. The second-order valence-electron chi connectivity index (χ2n) is 6.90. The SMILES string of the molecule is CCCCCCc1ccc(C2CCC(OCCC)CC2)cc1. The van der Waals surface area contributed by atoms with Crippen LogP contribution in [0.1, 0.15) is 88.7 Å². The molecule has 1 aliphatic rings. The van der Waals surface area contributed by atoms with Crippen LogP contribution in [0.5, 0.6) is 0 Å². The van der Waals surface area contributed by atoms with Crippen LogP contribution in [-0.4, -0.2) is 12.7 Å². The van der Waals surface area contributed by atoms with Gasteiger partial charge in [0.05, 0.1) is 6.10 Å². The maximum atomic E-state index is 5.90. The Hall–Kier alpha value is -0.820. The van der Waals surface area contributed by atoms with Gasteiger partial charge in [-0.15, -0.1) is 0 Å². The summed E-state index contributed by atoms with van der Waals surface area (Å²) in [5, 5.41) is 0. The van der Waals surface area contributed by atoms with Crippen molar-refractivity contribution < 1.29 is 4.74 Å². The van der Waals surface area contributed by atoms with Gasteiger partial charge in [0.15, 0.2) is 0 Å². The normalized spacial score (nSPS) is 21.9. The van der Waals surface area contributed by atoms with Crippen LogP contribution >= 0.6 is 0 Å². The minimum Gasteiger partial charge on any atom is -0.378 e. The number of rotatable bonds is 9. The number of aryl methyl sites for hydroxylation is 1. The molecular formula is C21H34O. The summed E-state index contributed by atoms with van der Waals surface area (Å²) in [7, 11) is 0. The van der Waals surface area contributed by atoms with Crippen LogP contribution in [0.3, 0.4) is 0 Å². The Balaban J connectivity index is 1.74. The summed E-state index contributed by atoms with van der Waals surface area (Å²) in [5.41, 5.74) is 3.06. The van der Waals surface area contributed by atoms with Crippen LogP contribution in [0, 0.1) is 0 Å². The molecule has 0 saturated heterocycles. The van der Waals surface area contributed by atoms with Gasteiger partial charge in [-0.05, 0) is 62.0 Å². The third-order valence-electron chi connectivity index (χ3n) is 5.00. The molecule has 1 heteroatoms. The molecule has 0 atom stereocenters. The average Bonchev–Trinajstić information content (AvgIpc) is 2.58. The minimum absolute atomic E-state index is 0.522. The lowest BCUT2D eigenvalue weighted by atomic mass is 9.82. The van der Waals surface area contributed by atoms with Crippen molar-refractivity contribution in [2.75, 3.05) is 6.61 Å². The molecule has 2 rings (SSSR count). The Kier molecular flexibility index (Phi) is 8.01. The second kappa shape index (κ2) is 10.0. The second-order valence-corrected chi connectivity index (χ2v) is 6.90. The standard InChI is InChI=1S/C21H34O/c1-3-5-6-7-8-18-9-11-19(12-10-18)20-13-15-21(16-14-20)22-17-4-2/h9-12,20-21H,3-8,13-17H2,1-2H3. The number of unbranched alkanes of at least 4 members (excludes halogenated alkanes) is 3. The minimum atomic E-state index is 0.522. The summed E-state index contributed by atoms with van der Waals surface area (Å²) in [6.07, 6.45) is 13.4. The molecule has 1 aromatic carbocycles. The van der Waals surface area contributed by atoms with Crippen LogP contribution in [0.15, 0.2) is 24.3 Å². The first-order valence-electron chi connectivity index (χ1n) is 9.54. The number of hydrogen-bond donors (Lipinski definition) is 0. The van der Waals surface area contributed by atoms with Crippen molar-refractivity contribution in [3.05, 3.63) is 35.4 Å². The highest BCUT2D eigenvalue weighted by Gasteiger charge is 2.22. The van der Waals surface area contributed by atoms with Gasteiger partial charge in [0.25, 0.3) is 0 Å². The molecule has 0 unspecified atom stereocenters. The van der Waals surface area contributed by atoms with Gasteiger partial charge >= 0.3 is 0 Å². The lowest BCUT2D eigenvalue weighted by Crippen LogP contribution is -2.21. The molecule has 0 N–H and O–H groups in total. The van der Waals surface area contributed by atoms with Crippen LogP contribution in [0.4, 0.5) is 0 Å². The van der Waals surface area contributed by atoms with Gasteiger partial charge in [0.1, 0.15) is 0 Å². The lowest BCUT2D eigenvalue weighted by molar-refractivity contribution is 0.0251. The molecule has 124 valence electrons. The van der Waals surface area contributed by atoms with E-state index >= 15 is 0 Å². The van der Waals surface area contributed by atoms with Gasteiger partial charge in [-0.3, -0.25) is 0 Å². The molecule has 1 aliphatic carbocycles. The summed E-state index contributed by atoms with van der Waals surface area (Å²) < 4.78 is 5.90. The van der Waals surface area contributed by atoms with Crippen molar-refractivity contribution in [1.82, 2.24) is 0 Å². The van der Waals surface area contributed by atoms with Gasteiger partial charge in [0, 0.05) is 6.61 Å². The van der Waals surface area contributed by atoms with Crippen LogP contribution in [0.2, 0.25) is 0 Å². The summed E-state index contributed by atoms with van der Waals surface area (Å²) >= 11 is 0. The predicted molar refractivity (Wildman–Crippen MR) is 95.5 cm³/mol. The van der Waals surface area contributed by atoms with Crippen LogP contribution in [0.25, 0.3) is 0 Å². The highest BCUT2D eigenvalue weighted by Crippen LogP contribution is 2.34. The molecule has 1 saturated carbocycles. The molecule has 0 amide bonds. The quantitative estimate of drug-likeness (QED) is 0.489. The molecular weight excluding hydrogens is 268 g/mol. The molecule has 1 nitrogen and oxygen atoms in total. The maximum absolute atomic E-state index is 5.90. The molecule has 1 fully saturated rings. The maximum Gasteiger partial charge on any atom is 0.0575 e. The van der Waals surface area contributed by atoms with Crippen LogP contribution in [-0.2, 0) is 11.2 Å². The van der Waals surface area contributed by atoms with E-state index in [4.69, 9.17) is 4.74 Å². The highest BCUT2D eigenvalue weighted by molar-refractivity contribution is 5.26. The Morgan fingerprint density at radius 1 is 0.864 bits per heavy atom. The molecule has 0 heterocycles. The van der Waals surface area contributed by atoms with E-state index in [1.54, 1.807) is 5.56 Å². The highest BCUT2D eigenvalue weighted by atomic mass is 16.5. The van der Waals surface area contributed by atoms with Crippen molar-refractivity contribution in [3.63, 3.8) is 0 Å². The zero-order chi connectivity index (χ0) is 15.6. The topological polar surface area (TPSA) is 9.23 Å². The number of hydrogen-bond acceptors (Lipinski definition) is 1.